The Morgan fingerprint density at radius 2 is 1.71 bits per heavy atom. The third-order valence-corrected chi connectivity index (χ3v) is 3.70. The molecule has 0 saturated carbocycles. The van der Waals surface area contributed by atoms with Gasteiger partial charge in [0.05, 0.1) is 5.92 Å². The van der Waals surface area contributed by atoms with Gasteiger partial charge in [-0.05, 0) is 29.7 Å². The molecule has 0 aliphatic rings. The van der Waals surface area contributed by atoms with Crippen molar-refractivity contribution in [1.29, 1.82) is 0 Å². The second kappa shape index (κ2) is 8.93. The molecule has 0 aliphatic carbocycles. The fourth-order valence-corrected chi connectivity index (χ4v) is 2.26. The molecule has 2 rings (SSSR count). The zero-order valence-corrected chi connectivity index (χ0v) is 13.7. The van der Waals surface area contributed by atoms with Gasteiger partial charge in [-0.3, -0.25) is 4.79 Å². The molecule has 0 heterocycles. The van der Waals surface area contributed by atoms with Gasteiger partial charge in [-0.1, -0.05) is 54.1 Å². The van der Waals surface area contributed by atoms with Crippen molar-refractivity contribution in [2.24, 2.45) is 5.92 Å². The minimum Gasteiger partial charge on any atom is -0.481 e. The maximum Gasteiger partial charge on any atom is 0.407 e. The van der Waals surface area contributed by atoms with Crippen LogP contribution in [0.3, 0.4) is 0 Å². The van der Waals surface area contributed by atoms with Crippen molar-refractivity contribution in [3.8, 4) is 0 Å². The maximum atomic E-state index is 11.7. The number of hydrogen-bond donors (Lipinski definition) is 2. The van der Waals surface area contributed by atoms with Gasteiger partial charge in [-0.25, -0.2) is 4.79 Å². The quantitative estimate of drug-likeness (QED) is 0.803. The largest absolute Gasteiger partial charge is 0.481 e. The normalized spacial score (nSPS) is 11.5. The molecule has 1 amide bonds. The zero-order valence-electron chi connectivity index (χ0n) is 12.9. The second-order valence-corrected chi connectivity index (χ2v) is 5.74. The summed E-state index contributed by atoms with van der Waals surface area (Å²) in [6, 6.07) is 16.2. The van der Waals surface area contributed by atoms with Crippen LogP contribution in [-0.4, -0.2) is 23.7 Å². The van der Waals surface area contributed by atoms with Crippen LogP contribution < -0.4 is 5.32 Å². The van der Waals surface area contributed by atoms with E-state index in [2.05, 4.69) is 5.32 Å². The van der Waals surface area contributed by atoms with Crippen LogP contribution in [0.25, 0.3) is 0 Å². The number of alkyl carbamates (subject to hydrolysis) is 1. The molecular formula is C18H18ClNO4. The van der Waals surface area contributed by atoms with Crippen molar-refractivity contribution >= 4 is 23.7 Å². The van der Waals surface area contributed by atoms with E-state index in [1.807, 2.05) is 30.3 Å². The van der Waals surface area contributed by atoms with Gasteiger partial charge in [0.25, 0.3) is 0 Å². The lowest BCUT2D eigenvalue weighted by Gasteiger charge is -2.14. The first-order valence-electron chi connectivity index (χ1n) is 7.46. The van der Waals surface area contributed by atoms with E-state index in [9.17, 15) is 14.7 Å². The highest BCUT2D eigenvalue weighted by Gasteiger charge is 2.19. The molecule has 0 aliphatic heterocycles. The highest BCUT2D eigenvalue weighted by molar-refractivity contribution is 6.30. The molecule has 1 atom stereocenters. The summed E-state index contributed by atoms with van der Waals surface area (Å²) in [4.78, 5) is 23.0. The van der Waals surface area contributed by atoms with Crippen LogP contribution in [-0.2, 0) is 22.6 Å². The van der Waals surface area contributed by atoms with Crippen LogP contribution in [0, 0.1) is 5.92 Å². The van der Waals surface area contributed by atoms with E-state index < -0.39 is 18.0 Å². The minimum atomic E-state index is -0.978. The molecule has 2 N–H and O–H groups in total. The monoisotopic (exact) mass is 347 g/mol. The third-order valence-electron chi connectivity index (χ3n) is 3.45. The summed E-state index contributed by atoms with van der Waals surface area (Å²) in [5.74, 6) is -1.72. The first-order valence-corrected chi connectivity index (χ1v) is 7.84. The zero-order chi connectivity index (χ0) is 17.4. The fraction of sp³-hybridized carbons (Fsp3) is 0.222. The van der Waals surface area contributed by atoms with Crippen molar-refractivity contribution in [1.82, 2.24) is 5.32 Å². The van der Waals surface area contributed by atoms with Gasteiger partial charge in [-0.2, -0.15) is 0 Å². The Bertz CT molecular complexity index is 673. The predicted octanol–water partition coefficient (Wildman–Crippen LogP) is 3.51. The van der Waals surface area contributed by atoms with E-state index in [0.29, 0.717) is 11.4 Å². The second-order valence-electron chi connectivity index (χ2n) is 5.31. The third kappa shape index (κ3) is 5.93. The Kier molecular flexibility index (Phi) is 6.63. The molecule has 0 spiro atoms. The number of carboxylic acids is 1. The highest BCUT2D eigenvalue weighted by atomic mass is 35.5. The summed E-state index contributed by atoms with van der Waals surface area (Å²) < 4.78 is 5.06. The lowest BCUT2D eigenvalue weighted by atomic mass is 9.99. The fourth-order valence-electron chi connectivity index (χ4n) is 2.13. The first-order chi connectivity index (χ1) is 11.5. The molecular weight excluding hydrogens is 330 g/mol. The number of nitrogens with one attached hydrogen (secondary N) is 1. The number of hydrogen-bond acceptors (Lipinski definition) is 3. The molecule has 0 radical (unpaired) electrons. The Morgan fingerprint density at radius 3 is 2.33 bits per heavy atom. The van der Waals surface area contributed by atoms with E-state index in [-0.39, 0.29) is 13.2 Å². The van der Waals surface area contributed by atoms with Gasteiger partial charge in [0.1, 0.15) is 6.61 Å². The summed E-state index contributed by atoms with van der Waals surface area (Å²) in [7, 11) is 0. The summed E-state index contributed by atoms with van der Waals surface area (Å²) in [5, 5.41) is 12.4. The SMILES string of the molecule is O=C(NCC(Cc1ccc(Cl)cc1)C(=O)O)OCc1ccccc1. The highest BCUT2D eigenvalue weighted by Crippen LogP contribution is 2.13. The number of aliphatic carboxylic acids is 1. The molecule has 0 saturated heterocycles. The van der Waals surface area contributed by atoms with E-state index in [0.717, 1.165) is 11.1 Å². The number of carbonyl (C=O) groups is 2. The number of carbonyl (C=O) groups excluding carboxylic acids is 1. The van der Waals surface area contributed by atoms with Crippen molar-refractivity contribution in [3.05, 3.63) is 70.7 Å². The molecule has 6 heteroatoms. The van der Waals surface area contributed by atoms with Crippen molar-refractivity contribution in [2.45, 2.75) is 13.0 Å². The van der Waals surface area contributed by atoms with Crippen LogP contribution in [0.2, 0.25) is 5.02 Å². The lowest BCUT2D eigenvalue weighted by molar-refractivity contribution is -0.141. The summed E-state index contributed by atoms with van der Waals surface area (Å²) in [6.07, 6.45) is -0.341. The van der Waals surface area contributed by atoms with Crippen molar-refractivity contribution in [3.63, 3.8) is 0 Å². The predicted molar refractivity (Wildman–Crippen MR) is 90.9 cm³/mol. The molecule has 0 bridgehead atoms. The molecule has 5 nitrogen and oxygen atoms in total. The minimum absolute atomic E-state index is 0.00835. The number of carboxylic acid groups (broad SMARTS) is 1. The van der Waals surface area contributed by atoms with Crippen LogP contribution in [0.5, 0.6) is 0 Å². The van der Waals surface area contributed by atoms with E-state index in [1.165, 1.54) is 0 Å². The molecule has 2 aromatic carbocycles. The van der Waals surface area contributed by atoms with Gasteiger partial charge in [0.15, 0.2) is 0 Å². The number of rotatable bonds is 7. The van der Waals surface area contributed by atoms with Gasteiger partial charge >= 0.3 is 12.1 Å². The van der Waals surface area contributed by atoms with Crippen LogP contribution >= 0.6 is 11.6 Å². The Morgan fingerprint density at radius 1 is 1.04 bits per heavy atom. The van der Waals surface area contributed by atoms with Crippen LogP contribution in [0.1, 0.15) is 11.1 Å². The number of ether oxygens (including phenoxy) is 1. The van der Waals surface area contributed by atoms with Crippen molar-refractivity contribution in [2.75, 3.05) is 6.54 Å². The van der Waals surface area contributed by atoms with E-state index in [4.69, 9.17) is 16.3 Å². The van der Waals surface area contributed by atoms with Gasteiger partial charge in [0, 0.05) is 11.6 Å². The Balaban J connectivity index is 1.81. The smallest absolute Gasteiger partial charge is 0.407 e. The molecule has 1 unspecified atom stereocenters. The average Bonchev–Trinajstić information content (AvgIpc) is 2.59. The van der Waals surface area contributed by atoms with E-state index in [1.54, 1.807) is 24.3 Å². The summed E-state index contributed by atoms with van der Waals surface area (Å²) in [5.41, 5.74) is 1.70. The number of benzene rings is 2. The Labute approximate surface area is 145 Å². The van der Waals surface area contributed by atoms with Crippen molar-refractivity contribution < 1.29 is 19.4 Å². The maximum absolute atomic E-state index is 11.7. The molecule has 126 valence electrons. The summed E-state index contributed by atoms with van der Waals surface area (Å²) >= 11 is 5.81. The molecule has 0 fully saturated rings. The molecule has 2 aromatic rings. The summed E-state index contributed by atoms with van der Waals surface area (Å²) in [6.45, 7) is 0.132. The van der Waals surface area contributed by atoms with Crippen LogP contribution in [0.15, 0.2) is 54.6 Å². The number of amides is 1. The van der Waals surface area contributed by atoms with Gasteiger partial charge in [0.2, 0.25) is 0 Å². The average molecular weight is 348 g/mol. The first kappa shape index (κ1) is 17.8. The topological polar surface area (TPSA) is 75.6 Å². The van der Waals surface area contributed by atoms with Gasteiger partial charge < -0.3 is 15.2 Å². The van der Waals surface area contributed by atoms with Gasteiger partial charge in [-0.15, -0.1) is 0 Å². The Hall–Kier alpha value is -2.53. The van der Waals surface area contributed by atoms with E-state index >= 15 is 0 Å². The number of halogens is 1. The standard InChI is InChI=1S/C18H18ClNO4/c19-16-8-6-13(7-9-16)10-15(17(21)22)11-20-18(23)24-12-14-4-2-1-3-5-14/h1-9,15H,10-12H2,(H,20,23)(H,21,22). The molecule has 24 heavy (non-hydrogen) atoms. The molecule has 0 aromatic heterocycles. The van der Waals surface area contributed by atoms with Crippen LogP contribution in [0.4, 0.5) is 4.79 Å². The lowest BCUT2D eigenvalue weighted by Crippen LogP contribution is -2.34.